The first-order valence-electron chi connectivity index (χ1n) is 6.37. The minimum absolute atomic E-state index is 0.435. The molecule has 2 rings (SSSR count). The predicted octanol–water partition coefficient (Wildman–Crippen LogP) is 3.13. The van der Waals surface area contributed by atoms with Crippen molar-refractivity contribution in [2.75, 3.05) is 0 Å². The summed E-state index contributed by atoms with van der Waals surface area (Å²) in [6.45, 7) is 6.61. The fraction of sp³-hybridized carbons (Fsp3) is 0.615. The van der Waals surface area contributed by atoms with Crippen molar-refractivity contribution in [2.45, 2.75) is 45.4 Å². The van der Waals surface area contributed by atoms with Crippen LogP contribution in [0.1, 0.15) is 54.6 Å². The molecule has 0 aliphatic rings. The van der Waals surface area contributed by atoms with E-state index in [0.29, 0.717) is 11.8 Å². The lowest BCUT2D eigenvalue weighted by atomic mass is 10.0. The van der Waals surface area contributed by atoms with Crippen molar-refractivity contribution < 1.29 is 0 Å². The Bertz CT molecular complexity index is 501. The van der Waals surface area contributed by atoms with Crippen molar-refractivity contribution in [3.8, 4) is 0 Å². The van der Waals surface area contributed by atoms with Crippen molar-refractivity contribution in [3.05, 3.63) is 28.0 Å². The van der Waals surface area contributed by atoms with Crippen molar-refractivity contribution >= 4 is 11.3 Å². The Morgan fingerprint density at radius 1 is 1.28 bits per heavy atom. The SMILES string of the molecule is CC(C)c1cnc(CCC(C)c2cnn(C)n2)s1. The lowest BCUT2D eigenvalue weighted by Crippen LogP contribution is -1.99. The van der Waals surface area contributed by atoms with Crippen LogP contribution < -0.4 is 0 Å². The first-order valence-corrected chi connectivity index (χ1v) is 7.18. The summed E-state index contributed by atoms with van der Waals surface area (Å²) >= 11 is 1.83. The number of rotatable bonds is 5. The van der Waals surface area contributed by atoms with E-state index in [-0.39, 0.29) is 0 Å². The third kappa shape index (κ3) is 3.16. The van der Waals surface area contributed by atoms with Gasteiger partial charge in [0, 0.05) is 24.0 Å². The van der Waals surface area contributed by atoms with Gasteiger partial charge in [-0.1, -0.05) is 20.8 Å². The van der Waals surface area contributed by atoms with E-state index in [1.807, 2.05) is 30.8 Å². The normalized spacial score (nSPS) is 13.2. The van der Waals surface area contributed by atoms with Crippen molar-refractivity contribution in [1.82, 2.24) is 20.0 Å². The van der Waals surface area contributed by atoms with Crippen LogP contribution in [0.15, 0.2) is 12.4 Å². The topological polar surface area (TPSA) is 43.6 Å². The Kier molecular flexibility index (Phi) is 4.11. The molecule has 0 radical (unpaired) electrons. The first kappa shape index (κ1) is 13.2. The first-order chi connectivity index (χ1) is 8.56. The van der Waals surface area contributed by atoms with Gasteiger partial charge in [-0.05, 0) is 18.8 Å². The molecule has 98 valence electrons. The van der Waals surface area contributed by atoms with Crippen LogP contribution in [-0.4, -0.2) is 20.0 Å². The van der Waals surface area contributed by atoms with Gasteiger partial charge >= 0.3 is 0 Å². The van der Waals surface area contributed by atoms with Crippen LogP contribution in [0.5, 0.6) is 0 Å². The minimum atomic E-state index is 0.435. The van der Waals surface area contributed by atoms with Crippen molar-refractivity contribution in [1.29, 1.82) is 0 Å². The van der Waals surface area contributed by atoms with E-state index in [9.17, 15) is 0 Å². The van der Waals surface area contributed by atoms with Crippen LogP contribution in [0.2, 0.25) is 0 Å². The Morgan fingerprint density at radius 3 is 2.61 bits per heavy atom. The summed E-state index contributed by atoms with van der Waals surface area (Å²) in [7, 11) is 1.85. The van der Waals surface area contributed by atoms with E-state index >= 15 is 0 Å². The second-order valence-electron chi connectivity index (χ2n) is 5.01. The molecule has 0 N–H and O–H groups in total. The molecule has 5 heteroatoms. The van der Waals surface area contributed by atoms with Gasteiger partial charge in [-0.25, -0.2) is 4.98 Å². The third-order valence-electron chi connectivity index (χ3n) is 3.05. The minimum Gasteiger partial charge on any atom is -0.249 e. The highest BCUT2D eigenvalue weighted by Gasteiger charge is 2.11. The quantitative estimate of drug-likeness (QED) is 0.833. The molecular formula is C13H20N4S. The molecule has 2 aromatic heterocycles. The van der Waals surface area contributed by atoms with E-state index in [1.165, 1.54) is 9.88 Å². The van der Waals surface area contributed by atoms with Crippen LogP contribution in [0.4, 0.5) is 0 Å². The van der Waals surface area contributed by atoms with E-state index in [2.05, 4.69) is 36.0 Å². The molecule has 0 aromatic carbocycles. The average molecular weight is 264 g/mol. The number of hydrogen-bond donors (Lipinski definition) is 0. The maximum Gasteiger partial charge on any atom is 0.0928 e. The van der Waals surface area contributed by atoms with Crippen LogP contribution in [0.25, 0.3) is 0 Å². The lowest BCUT2D eigenvalue weighted by molar-refractivity contribution is 0.609. The predicted molar refractivity (Wildman–Crippen MR) is 73.9 cm³/mol. The molecular weight excluding hydrogens is 244 g/mol. The second-order valence-corrected chi connectivity index (χ2v) is 6.16. The Balaban J connectivity index is 1.90. The molecule has 0 saturated carbocycles. The second kappa shape index (κ2) is 5.61. The van der Waals surface area contributed by atoms with Gasteiger partial charge in [0.15, 0.2) is 0 Å². The summed E-state index contributed by atoms with van der Waals surface area (Å²) < 4.78 is 0. The zero-order valence-electron chi connectivity index (χ0n) is 11.4. The molecule has 4 nitrogen and oxygen atoms in total. The van der Waals surface area contributed by atoms with Gasteiger partial charge in [0.25, 0.3) is 0 Å². The maximum absolute atomic E-state index is 4.49. The summed E-state index contributed by atoms with van der Waals surface area (Å²) in [4.78, 5) is 7.48. The number of aryl methyl sites for hydroxylation is 2. The molecule has 1 atom stereocenters. The molecule has 0 bridgehead atoms. The van der Waals surface area contributed by atoms with Crippen LogP contribution in [0, 0.1) is 0 Å². The summed E-state index contributed by atoms with van der Waals surface area (Å²) in [5, 5.41) is 9.69. The van der Waals surface area contributed by atoms with Crippen LogP contribution in [-0.2, 0) is 13.5 Å². The van der Waals surface area contributed by atoms with Crippen LogP contribution in [0.3, 0.4) is 0 Å². The van der Waals surface area contributed by atoms with Gasteiger partial charge in [-0.15, -0.1) is 11.3 Å². The van der Waals surface area contributed by atoms with E-state index in [1.54, 1.807) is 4.80 Å². The summed E-state index contributed by atoms with van der Waals surface area (Å²) in [6, 6.07) is 0. The highest BCUT2D eigenvalue weighted by atomic mass is 32.1. The smallest absolute Gasteiger partial charge is 0.0928 e. The maximum atomic E-state index is 4.49. The van der Waals surface area contributed by atoms with E-state index in [0.717, 1.165) is 18.5 Å². The standard InChI is InChI=1S/C13H20N4S/c1-9(2)12-8-14-13(18-12)6-5-10(3)11-7-15-17(4)16-11/h7-10H,5-6H2,1-4H3. The molecule has 0 saturated heterocycles. The number of thiazole rings is 1. The highest BCUT2D eigenvalue weighted by molar-refractivity contribution is 7.11. The number of nitrogens with zero attached hydrogens (tertiary/aromatic N) is 4. The lowest BCUT2D eigenvalue weighted by Gasteiger charge is -2.05. The van der Waals surface area contributed by atoms with Gasteiger partial charge in [-0.2, -0.15) is 15.0 Å². The van der Waals surface area contributed by atoms with Gasteiger partial charge in [-0.3, -0.25) is 0 Å². The molecule has 2 aromatic rings. The monoisotopic (exact) mass is 264 g/mol. The molecule has 0 aliphatic heterocycles. The van der Waals surface area contributed by atoms with Crippen LogP contribution >= 0.6 is 11.3 Å². The fourth-order valence-corrected chi connectivity index (χ4v) is 2.72. The summed E-state index contributed by atoms with van der Waals surface area (Å²) in [5.41, 5.74) is 1.07. The van der Waals surface area contributed by atoms with Gasteiger partial charge in [0.1, 0.15) is 0 Å². The molecule has 0 spiro atoms. The van der Waals surface area contributed by atoms with Crippen molar-refractivity contribution in [3.63, 3.8) is 0 Å². The largest absolute Gasteiger partial charge is 0.249 e. The van der Waals surface area contributed by atoms with Crippen molar-refractivity contribution in [2.24, 2.45) is 7.05 Å². The molecule has 18 heavy (non-hydrogen) atoms. The summed E-state index contributed by atoms with van der Waals surface area (Å²) in [6.07, 6.45) is 5.96. The van der Waals surface area contributed by atoms with Gasteiger partial charge in [0.05, 0.1) is 16.9 Å². The summed E-state index contributed by atoms with van der Waals surface area (Å²) in [5.74, 6) is 1.01. The fourth-order valence-electron chi connectivity index (χ4n) is 1.78. The third-order valence-corrected chi connectivity index (χ3v) is 4.41. The molecule has 1 unspecified atom stereocenters. The zero-order valence-corrected chi connectivity index (χ0v) is 12.2. The molecule has 2 heterocycles. The van der Waals surface area contributed by atoms with Gasteiger partial charge in [0.2, 0.25) is 0 Å². The highest BCUT2D eigenvalue weighted by Crippen LogP contribution is 2.25. The van der Waals surface area contributed by atoms with E-state index in [4.69, 9.17) is 0 Å². The number of hydrogen-bond acceptors (Lipinski definition) is 4. The molecule has 0 fully saturated rings. The average Bonchev–Trinajstić information content (AvgIpc) is 2.94. The molecule has 0 amide bonds. The Morgan fingerprint density at radius 2 is 2.06 bits per heavy atom. The Labute approximate surface area is 112 Å². The Hall–Kier alpha value is -1.23. The van der Waals surface area contributed by atoms with Gasteiger partial charge < -0.3 is 0 Å². The zero-order chi connectivity index (χ0) is 13.1. The number of aromatic nitrogens is 4. The molecule has 0 aliphatic carbocycles. The van der Waals surface area contributed by atoms with E-state index < -0.39 is 0 Å².